The molecule has 0 spiro atoms. The summed E-state index contributed by atoms with van der Waals surface area (Å²) < 4.78 is 9.08. The van der Waals surface area contributed by atoms with Crippen LogP contribution in [-0.4, -0.2) is 55.2 Å². The van der Waals surface area contributed by atoms with Gasteiger partial charge in [0.25, 0.3) is 11.8 Å². The summed E-state index contributed by atoms with van der Waals surface area (Å²) in [6.07, 6.45) is -0.178. The quantitative estimate of drug-likeness (QED) is 0.484. The largest absolute Gasteiger partial charge is 0.469 e. The van der Waals surface area contributed by atoms with Gasteiger partial charge < -0.3 is 19.6 Å². The topological polar surface area (TPSA) is 128 Å². The van der Waals surface area contributed by atoms with Gasteiger partial charge in [0, 0.05) is 18.8 Å². The molecular weight excluding hydrogens is 336 g/mol. The minimum atomic E-state index is -1.28. The number of carbonyl (C=O) groups excluding carboxylic acids is 5. The van der Waals surface area contributed by atoms with Crippen molar-refractivity contribution in [2.45, 2.75) is 45.1 Å². The summed E-state index contributed by atoms with van der Waals surface area (Å²) in [6.45, 7) is 1.83. The first-order valence-electron chi connectivity index (χ1n) is 7.82. The third kappa shape index (κ3) is 5.73. The van der Waals surface area contributed by atoms with Gasteiger partial charge in [0.15, 0.2) is 0 Å². The Morgan fingerprint density at radius 3 is 2.20 bits per heavy atom. The third-order valence-corrected chi connectivity index (χ3v) is 3.69. The Bertz CT molecular complexity index is 532. The van der Waals surface area contributed by atoms with Gasteiger partial charge in [-0.2, -0.15) is 0 Å². The van der Waals surface area contributed by atoms with Crippen LogP contribution in [0.15, 0.2) is 0 Å². The van der Waals surface area contributed by atoms with Crippen LogP contribution in [0.3, 0.4) is 0 Å². The number of rotatable bonds is 8. The molecule has 140 valence electrons. The Balaban J connectivity index is 2.96. The zero-order valence-corrected chi connectivity index (χ0v) is 14.4. The van der Waals surface area contributed by atoms with E-state index in [2.05, 4.69) is 14.8 Å². The van der Waals surface area contributed by atoms with Crippen LogP contribution >= 0.6 is 0 Å². The van der Waals surface area contributed by atoms with Gasteiger partial charge in [-0.25, -0.2) is 9.59 Å². The molecule has 0 aliphatic carbocycles. The highest BCUT2D eigenvalue weighted by Gasteiger charge is 2.38. The molecule has 3 amide bonds. The number of carbonyl (C=O) groups is 5. The van der Waals surface area contributed by atoms with E-state index in [1.807, 2.05) is 6.92 Å². The third-order valence-electron chi connectivity index (χ3n) is 3.69. The molecule has 0 saturated carbocycles. The van der Waals surface area contributed by atoms with E-state index < -0.39 is 41.8 Å². The average Bonchev–Trinajstić information content (AvgIpc) is 2.90. The molecule has 0 radical (unpaired) electrons. The van der Waals surface area contributed by atoms with Crippen molar-refractivity contribution in [1.29, 1.82) is 0 Å². The highest BCUT2D eigenvalue weighted by Crippen LogP contribution is 2.20. The molecule has 0 bridgehead atoms. The lowest BCUT2D eigenvalue weighted by molar-refractivity contribution is -0.200. The van der Waals surface area contributed by atoms with Crippen molar-refractivity contribution in [2.24, 2.45) is 5.92 Å². The number of methoxy groups -OCH3 is 2. The lowest BCUT2D eigenvalue weighted by atomic mass is 9.91. The fourth-order valence-corrected chi connectivity index (χ4v) is 2.41. The van der Waals surface area contributed by atoms with Gasteiger partial charge >= 0.3 is 18.0 Å². The van der Waals surface area contributed by atoms with Crippen molar-refractivity contribution in [3.63, 3.8) is 0 Å². The standard InChI is InChI=1S/C15H22N2O8/c1-4-5-9(8-12(20)23-2)13(16-15(22)24-3)14(21)25-17-10(18)6-7-11(17)19/h9,13H,4-8H2,1-3H3,(H,16,22). The van der Waals surface area contributed by atoms with Crippen molar-refractivity contribution in [3.8, 4) is 0 Å². The fraction of sp³-hybridized carbons (Fsp3) is 0.667. The summed E-state index contributed by atoms with van der Waals surface area (Å²) in [6, 6.07) is -1.28. The van der Waals surface area contributed by atoms with Crippen LogP contribution in [0, 0.1) is 5.92 Å². The summed E-state index contributed by atoms with van der Waals surface area (Å²) in [4.78, 5) is 63.6. The zero-order valence-electron chi connectivity index (χ0n) is 14.4. The van der Waals surface area contributed by atoms with E-state index in [0.29, 0.717) is 17.9 Å². The molecule has 2 atom stereocenters. The number of amides is 3. The first kappa shape index (κ1) is 20.4. The summed E-state index contributed by atoms with van der Waals surface area (Å²) >= 11 is 0. The number of esters is 1. The van der Waals surface area contributed by atoms with E-state index in [4.69, 9.17) is 4.84 Å². The predicted molar refractivity (Wildman–Crippen MR) is 81.5 cm³/mol. The van der Waals surface area contributed by atoms with Gasteiger partial charge in [0.1, 0.15) is 6.04 Å². The number of alkyl carbamates (subject to hydrolysis) is 1. The average molecular weight is 358 g/mol. The Morgan fingerprint density at radius 2 is 1.72 bits per heavy atom. The Hall–Kier alpha value is -2.65. The molecule has 0 aromatic rings. The van der Waals surface area contributed by atoms with Crippen LogP contribution in [0.4, 0.5) is 4.79 Å². The smallest absolute Gasteiger partial charge is 0.407 e. The second kappa shape index (κ2) is 9.60. The SMILES string of the molecule is CCCC(CC(=O)OC)C(NC(=O)OC)C(=O)ON1C(=O)CCC1=O. The van der Waals surface area contributed by atoms with Crippen molar-refractivity contribution >= 4 is 29.8 Å². The predicted octanol–water partition coefficient (Wildman–Crippen LogP) is 0.298. The van der Waals surface area contributed by atoms with Crippen molar-refractivity contribution in [3.05, 3.63) is 0 Å². The number of imide groups is 1. The maximum atomic E-state index is 12.4. The van der Waals surface area contributed by atoms with Crippen LogP contribution < -0.4 is 5.32 Å². The normalized spacial score (nSPS) is 16.2. The molecule has 1 aliphatic rings. The van der Waals surface area contributed by atoms with Crippen LogP contribution in [-0.2, 0) is 33.5 Å². The fourth-order valence-electron chi connectivity index (χ4n) is 2.41. The Labute approximate surface area is 144 Å². The van der Waals surface area contributed by atoms with E-state index >= 15 is 0 Å². The van der Waals surface area contributed by atoms with Crippen LogP contribution in [0.2, 0.25) is 0 Å². The van der Waals surface area contributed by atoms with Crippen LogP contribution in [0.1, 0.15) is 39.0 Å². The highest BCUT2D eigenvalue weighted by atomic mass is 16.7. The first-order valence-corrected chi connectivity index (χ1v) is 7.82. The van der Waals surface area contributed by atoms with Gasteiger partial charge in [0.2, 0.25) is 0 Å². The van der Waals surface area contributed by atoms with Gasteiger partial charge in [-0.05, 0) is 6.42 Å². The molecular formula is C15H22N2O8. The van der Waals surface area contributed by atoms with Crippen molar-refractivity contribution in [2.75, 3.05) is 14.2 Å². The summed E-state index contributed by atoms with van der Waals surface area (Å²) in [5.74, 6) is -3.55. The van der Waals surface area contributed by atoms with Gasteiger partial charge in [0.05, 0.1) is 20.6 Å². The van der Waals surface area contributed by atoms with Gasteiger partial charge in [-0.1, -0.05) is 13.3 Å². The first-order chi connectivity index (χ1) is 11.8. The number of hydrogen-bond acceptors (Lipinski definition) is 8. The molecule has 1 saturated heterocycles. The molecule has 1 fully saturated rings. The number of nitrogens with zero attached hydrogens (tertiary/aromatic N) is 1. The minimum Gasteiger partial charge on any atom is -0.469 e. The second-order valence-electron chi connectivity index (χ2n) is 5.43. The van der Waals surface area contributed by atoms with Gasteiger partial charge in [-0.3, -0.25) is 14.4 Å². The molecule has 1 aliphatic heterocycles. The van der Waals surface area contributed by atoms with Crippen LogP contribution in [0.5, 0.6) is 0 Å². The van der Waals surface area contributed by atoms with E-state index in [-0.39, 0.29) is 19.3 Å². The number of hydroxylamine groups is 2. The molecule has 0 aromatic carbocycles. The maximum absolute atomic E-state index is 12.4. The molecule has 10 heteroatoms. The second-order valence-corrected chi connectivity index (χ2v) is 5.43. The highest BCUT2D eigenvalue weighted by molar-refractivity contribution is 6.01. The monoisotopic (exact) mass is 358 g/mol. The Morgan fingerprint density at radius 1 is 1.12 bits per heavy atom. The zero-order chi connectivity index (χ0) is 19.0. The lowest BCUT2D eigenvalue weighted by Crippen LogP contribution is -2.49. The van der Waals surface area contributed by atoms with Crippen LogP contribution in [0.25, 0.3) is 0 Å². The van der Waals surface area contributed by atoms with E-state index in [1.54, 1.807) is 0 Å². The molecule has 1 N–H and O–H groups in total. The van der Waals surface area contributed by atoms with Gasteiger partial charge in [-0.15, -0.1) is 5.06 Å². The van der Waals surface area contributed by atoms with Crippen molar-refractivity contribution in [1.82, 2.24) is 10.4 Å². The van der Waals surface area contributed by atoms with Crippen molar-refractivity contribution < 1.29 is 38.3 Å². The molecule has 2 unspecified atom stereocenters. The summed E-state index contributed by atoms with van der Waals surface area (Å²) in [5.41, 5.74) is 0. The maximum Gasteiger partial charge on any atom is 0.407 e. The van der Waals surface area contributed by atoms with E-state index in [0.717, 1.165) is 7.11 Å². The summed E-state index contributed by atoms with van der Waals surface area (Å²) in [7, 11) is 2.31. The van der Waals surface area contributed by atoms with E-state index in [9.17, 15) is 24.0 Å². The number of nitrogens with one attached hydrogen (secondary N) is 1. The Kier molecular flexibility index (Phi) is 7.83. The minimum absolute atomic E-state index is 0.0538. The molecule has 25 heavy (non-hydrogen) atoms. The van der Waals surface area contributed by atoms with E-state index in [1.165, 1.54) is 7.11 Å². The lowest BCUT2D eigenvalue weighted by Gasteiger charge is -2.26. The molecule has 1 heterocycles. The summed E-state index contributed by atoms with van der Waals surface area (Å²) in [5, 5.41) is 2.68. The number of hydrogen-bond donors (Lipinski definition) is 1. The molecule has 0 aromatic heterocycles. The molecule has 10 nitrogen and oxygen atoms in total. The number of ether oxygens (including phenoxy) is 2. The molecule has 1 rings (SSSR count).